The number of carboxylic acid groups (broad SMARTS) is 1. The maximum absolute atomic E-state index is 10.4. The van der Waals surface area contributed by atoms with Crippen molar-refractivity contribution in [2.24, 2.45) is 0 Å². The molecular weight excluding hydrogens is 292 g/mol. The molecule has 0 spiro atoms. The van der Waals surface area contributed by atoms with Crippen LogP contribution in [0.15, 0.2) is 27.9 Å². The number of thioether (sulfide) groups is 1. The number of methoxy groups -OCH3 is 1. The zero-order chi connectivity index (χ0) is 13.8. The second kappa shape index (κ2) is 5.94. The average molecular weight is 301 g/mol. The summed E-state index contributed by atoms with van der Waals surface area (Å²) >= 11 is 6.81. The van der Waals surface area contributed by atoms with Gasteiger partial charge in [-0.15, -0.1) is 0 Å². The van der Waals surface area contributed by atoms with Gasteiger partial charge in [-0.2, -0.15) is 4.98 Å². The molecule has 2 rings (SSSR count). The zero-order valence-electron chi connectivity index (χ0n) is 9.79. The van der Waals surface area contributed by atoms with E-state index in [2.05, 4.69) is 10.1 Å². The van der Waals surface area contributed by atoms with E-state index < -0.39 is 5.97 Å². The van der Waals surface area contributed by atoms with Crippen LogP contribution in [0.4, 0.5) is 0 Å². The predicted octanol–water partition coefficient (Wildman–Crippen LogP) is 2.58. The van der Waals surface area contributed by atoms with Gasteiger partial charge in [-0.1, -0.05) is 28.5 Å². The second-order valence-corrected chi connectivity index (χ2v) is 4.77. The number of benzene rings is 1. The summed E-state index contributed by atoms with van der Waals surface area (Å²) in [6, 6.07) is 5.02. The van der Waals surface area contributed by atoms with E-state index >= 15 is 0 Å². The lowest BCUT2D eigenvalue weighted by atomic mass is 10.2. The Labute approximate surface area is 117 Å². The van der Waals surface area contributed by atoms with Gasteiger partial charge in [0, 0.05) is 5.02 Å². The van der Waals surface area contributed by atoms with Crippen LogP contribution in [-0.2, 0) is 4.79 Å². The first-order valence-corrected chi connectivity index (χ1v) is 6.48. The fraction of sp³-hybridized carbons (Fsp3) is 0.182. The number of carbonyl (C=O) groups is 1. The average Bonchev–Trinajstić information content (AvgIpc) is 2.84. The van der Waals surface area contributed by atoms with Crippen molar-refractivity contribution in [3.05, 3.63) is 23.2 Å². The van der Waals surface area contributed by atoms with Gasteiger partial charge in [0.2, 0.25) is 5.82 Å². The Bertz CT molecular complexity index is 602. The second-order valence-electron chi connectivity index (χ2n) is 3.41. The molecule has 6 nitrogen and oxygen atoms in total. The monoisotopic (exact) mass is 300 g/mol. The van der Waals surface area contributed by atoms with Gasteiger partial charge >= 0.3 is 5.97 Å². The van der Waals surface area contributed by atoms with Crippen molar-refractivity contribution in [1.82, 2.24) is 10.1 Å². The molecule has 1 aromatic heterocycles. The fourth-order valence-corrected chi connectivity index (χ4v) is 2.00. The molecule has 0 radical (unpaired) electrons. The first-order chi connectivity index (χ1) is 9.10. The minimum absolute atomic E-state index is 0.139. The van der Waals surface area contributed by atoms with E-state index in [4.69, 9.17) is 26.0 Å². The molecule has 0 fully saturated rings. The number of aromatic nitrogens is 2. The van der Waals surface area contributed by atoms with Crippen LogP contribution in [0.3, 0.4) is 0 Å². The van der Waals surface area contributed by atoms with E-state index in [1.807, 2.05) is 0 Å². The van der Waals surface area contributed by atoms with E-state index in [1.165, 1.54) is 7.11 Å². The van der Waals surface area contributed by atoms with Gasteiger partial charge in [-0.05, 0) is 18.2 Å². The van der Waals surface area contributed by atoms with Crippen LogP contribution in [0.5, 0.6) is 5.75 Å². The van der Waals surface area contributed by atoms with Gasteiger partial charge in [0.1, 0.15) is 11.5 Å². The van der Waals surface area contributed by atoms with Crippen molar-refractivity contribution in [2.75, 3.05) is 12.9 Å². The van der Waals surface area contributed by atoms with Gasteiger partial charge in [0.25, 0.3) is 5.22 Å². The van der Waals surface area contributed by atoms with Gasteiger partial charge in [-0.25, -0.2) is 0 Å². The summed E-state index contributed by atoms with van der Waals surface area (Å²) in [5, 5.41) is 13.1. The maximum atomic E-state index is 10.4. The Morgan fingerprint density at radius 2 is 2.37 bits per heavy atom. The van der Waals surface area contributed by atoms with E-state index in [1.54, 1.807) is 18.2 Å². The minimum atomic E-state index is -0.950. The lowest BCUT2D eigenvalue weighted by molar-refractivity contribution is -0.133. The number of hydrogen-bond acceptors (Lipinski definition) is 6. The highest BCUT2D eigenvalue weighted by Gasteiger charge is 2.14. The van der Waals surface area contributed by atoms with Crippen molar-refractivity contribution in [3.8, 4) is 17.1 Å². The van der Waals surface area contributed by atoms with Crippen molar-refractivity contribution < 1.29 is 19.2 Å². The number of rotatable bonds is 5. The quantitative estimate of drug-likeness (QED) is 0.849. The SMILES string of the molecule is COc1cc(Cl)ccc1-c1noc(SCC(=O)O)n1. The minimum Gasteiger partial charge on any atom is -0.496 e. The Morgan fingerprint density at radius 1 is 1.58 bits per heavy atom. The fourth-order valence-electron chi connectivity index (χ4n) is 1.35. The Balaban J connectivity index is 2.25. The van der Waals surface area contributed by atoms with Crippen LogP contribution < -0.4 is 4.74 Å². The van der Waals surface area contributed by atoms with Gasteiger partial charge < -0.3 is 14.4 Å². The molecule has 19 heavy (non-hydrogen) atoms. The van der Waals surface area contributed by atoms with Gasteiger partial charge in [-0.3, -0.25) is 4.79 Å². The van der Waals surface area contributed by atoms with Crippen molar-refractivity contribution in [1.29, 1.82) is 0 Å². The maximum Gasteiger partial charge on any atom is 0.314 e. The molecule has 0 saturated carbocycles. The summed E-state index contributed by atoms with van der Waals surface area (Å²) in [6.07, 6.45) is 0. The third kappa shape index (κ3) is 3.39. The molecule has 100 valence electrons. The lowest BCUT2D eigenvalue weighted by Crippen LogP contribution is -1.97. The molecule has 0 amide bonds. The van der Waals surface area contributed by atoms with Crippen molar-refractivity contribution in [2.45, 2.75) is 5.22 Å². The van der Waals surface area contributed by atoms with E-state index in [0.717, 1.165) is 11.8 Å². The third-order valence-electron chi connectivity index (χ3n) is 2.13. The smallest absolute Gasteiger partial charge is 0.314 e. The summed E-state index contributed by atoms with van der Waals surface area (Å²) in [5.41, 5.74) is 0.623. The highest BCUT2D eigenvalue weighted by molar-refractivity contribution is 7.99. The molecule has 1 N–H and O–H groups in total. The summed E-state index contributed by atoms with van der Waals surface area (Å²) in [7, 11) is 1.51. The number of hydrogen-bond donors (Lipinski definition) is 1. The molecule has 1 heterocycles. The molecule has 2 aromatic rings. The Kier molecular flexibility index (Phi) is 4.28. The molecule has 0 atom stereocenters. The molecule has 8 heteroatoms. The summed E-state index contributed by atoms with van der Waals surface area (Å²) in [5.74, 6) is -0.252. The molecule has 0 saturated heterocycles. The number of carboxylic acids is 1. The molecule has 0 aliphatic carbocycles. The lowest BCUT2D eigenvalue weighted by Gasteiger charge is -2.04. The predicted molar refractivity (Wildman–Crippen MR) is 69.7 cm³/mol. The number of ether oxygens (including phenoxy) is 1. The highest BCUT2D eigenvalue weighted by atomic mass is 35.5. The van der Waals surface area contributed by atoms with Crippen LogP contribution in [0.25, 0.3) is 11.4 Å². The van der Waals surface area contributed by atoms with Crippen molar-refractivity contribution in [3.63, 3.8) is 0 Å². The molecular formula is C11H9ClN2O4S. The Hall–Kier alpha value is -1.73. The molecule has 0 unspecified atom stereocenters. The van der Waals surface area contributed by atoms with E-state index in [9.17, 15) is 4.79 Å². The number of halogens is 1. The van der Waals surface area contributed by atoms with Crippen LogP contribution >= 0.6 is 23.4 Å². The van der Waals surface area contributed by atoms with E-state index in [-0.39, 0.29) is 11.0 Å². The van der Waals surface area contributed by atoms with Gasteiger partial charge in [0.05, 0.1) is 12.7 Å². The van der Waals surface area contributed by atoms with E-state index in [0.29, 0.717) is 22.2 Å². The van der Waals surface area contributed by atoms with Gasteiger partial charge in [0.15, 0.2) is 0 Å². The summed E-state index contributed by atoms with van der Waals surface area (Å²) in [6.45, 7) is 0. The number of nitrogens with zero attached hydrogens (tertiary/aromatic N) is 2. The summed E-state index contributed by atoms with van der Waals surface area (Å²) < 4.78 is 10.1. The normalized spacial score (nSPS) is 10.4. The Morgan fingerprint density at radius 3 is 3.05 bits per heavy atom. The molecule has 1 aromatic carbocycles. The third-order valence-corrected chi connectivity index (χ3v) is 3.17. The molecule has 0 aliphatic heterocycles. The largest absolute Gasteiger partial charge is 0.496 e. The first kappa shape index (κ1) is 13.7. The van der Waals surface area contributed by atoms with Crippen LogP contribution in [-0.4, -0.2) is 34.1 Å². The summed E-state index contributed by atoms with van der Waals surface area (Å²) in [4.78, 5) is 14.5. The molecule has 0 aliphatic rings. The van der Waals surface area contributed by atoms with Crippen LogP contribution in [0.2, 0.25) is 5.02 Å². The topological polar surface area (TPSA) is 85.5 Å². The van der Waals surface area contributed by atoms with Crippen LogP contribution in [0, 0.1) is 0 Å². The molecule has 0 bridgehead atoms. The zero-order valence-corrected chi connectivity index (χ0v) is 11.4. The van der Waals surface area contributed by atoms with Crippen molar-refractivity contribution >= 4 is 29.3 Å². The standard InChI is InChI=1S/C11H9ClN2O4S/c1-17-8-4-6(12)2-3-7(8)10-13-11(18-14-10)19-5-9(15)16/h2-4H,5H2,1H3,(H,15,16). The number of aliphatic carboxylic acids is 1. The van der Waals surface area contributed by atoms with Crippen LogP contribution in [0.1, 0.15) is 0 Å². The first-order valence-electron chi connectivity index (χ1n) is 5.12. The highest BCUT2D eigenvalue weighted by Crippen LogP contribution is 2.31.